The second-order valence-corrected chi connectivity index (χ2v) is 5.62. The number of esters is 1. The van der Waals surface area contributed by atoms with Gasteiger partial charge in [-0.1, -0.05) is 11.6 Å². The van der Waals surface area contributed by atoms with E-state index in [2.05, 4.69) is 5.32 Å². The Morgan fingerprint density at radius 1 is 1.08 bits per heavy atom. The van der Waals surface area contributed by atoms with Crippen LogP contribution in [-0.4, -0.2) is 23.9 Å². The molecule has 0 saturated heterocycles. The van der Waals surface area contributed by atoms with Crippen molar-refractivity contribution >= 4 is 40.8 Å². The number of nitrogen functional groups attached to an aromatic ring is 1. The van der Waals surface area contributed by atoms with Crippen molar-refractivity contribution in [3.63, 3.8) is 0 Å². The van der Waals surface area contributed by atoms with Crippen LogP contribution in [0, 0.1) is 0 Å². The smallest absolute Gasteiger partial charge is 0.338 e. The summed E-state index contributed by atoms with van der Waals surface area (Å²) < 4.78 is 5.10. The van der Waals surface area contributed by atoms with E-state index in [1.165, 1.54) is 49.4 Å². The van der Waals surface area contributed by atoms with Crippen molar-refractivity contribution in [2.45, 2.75) is 13.0 Å². The molecule has 2 aromatic rings. The number of carbonyl (C=O) groups is 3. The van der Waals surface area contributed by atoms with Crippen LogP contribution in [0.25, 0.3) is 0 Å². The molecule has 0 unspecified atom stereocenters. The van der Waals surface area contributed by atoms with E-state index in [1.807, 2.05) is 0 Å². The third-order valence-corrected chi connectivity index (χ3v) is 3.67. The zero-order valence-electron chi connectivity index (χ0n) is 13.3. The number of amides is 2. The van der Waals surface area contributed by atoms with Gasteiger partial charge < -0.3 is 21.5 Å². The van der Waals surface area contributed by atoms with Crippen LogP contribution in [0.5, 0.6) is 0 Å². The van der Waals surface area contributed by atoms with Crippen LogP contribution < -0.4 is 16.8 Å². The first-order chi connectivity index (χ1) is 11.8. The van der Waals surface area contributed by atoms with E-state index in [1.54, 1.807) is 0 Å². The Balaban J connectivity index is 1.98. The molecule has 2 rings (SSSR count). The fraction of sp³-hybridized carbons (Fsp3) is 0.118. The Hall–Kier alpha value is -3.06. The molecule has 0 aromatic heterocycles. The van der Waals surface area contributed by atoms with Gasteiger partial charge >= 0.3 is 5.97 Å². The highest BCUT2D eigenvalue weighted by atomic mass is 35.5. The molecular formula is C17H16ClN3O4. The normalized spacial score (nSPS) is 11.4. The molecule has 0 fully saturated rings. The van der Waals surface area contributed by atoms with Crippen LogP contribution in [0.2, 0.25) is 5.02 Å². The first-order valence-corrected chi connectivity index (χ1v) is 7.62. The van der Waals surface area contributed by atoms with Gasteiger partial charge in [0, 0.05) is 11.3 Å². The number of anilines is 2. The number of halogens is 1. The minimum Gasteiger partial charge on any atom is -0.449 e. The van der Waals surface area contributed by atoms with Crippen molar-refractivity contribution in [2.24, 2.45) is 5.73 Å². The molecule has 8 heteroatoms. The van der Waals surface area contributed by atoms with Gasteiger partial charge in [-0.25, -0.2) is 4.79 Å². The summed E-state index contributed by atoms with van der Waals surface area (Å²) in [5.41, 5.74) is 12.0. The van der Waals surface area contributed by atoms with Gasteiger partial charge in [-0.3, -0.25) is 9.59 Å². The molecule has 130 valence electrons. The van der Waals surface area contributed by atoms with Crippen LogP contribution in [0.15, 0.2) is 42.5 Å². The molecule has 0 spiro atoms. The Bertz CT molecular complexity index is 821. The lowest BCUT2D eigenvalue weighted by molar-refractivity contribution is -0.123. The van der Waals surface area contributed by atoms with E-state index in [0.717, 1.165) is 0 Å². The quantitative estimate of drug-likeness (QED) is 0.556. The standard InChI is InChI=1S/C17H16ClN3O4/c1-9(25-17(24)11-4-7-13(18)14(19)8-11)16(23)21-12-5-2-10(3-6-12)15(20)22/h2-9H,19H2,1H3,(H2,20,22)(H,21,23)/t9-/m1/s1. The molecule has 7 nitrogen and oxygen atoms in total. The lowest BCUT2D eigenvalue weighted by atomic mass is 10.2. The van der Waals surface area contributed by atoms with Crippen LogP contribution in [0.3, 0.4) is 0 Å². The van der Waals surface area contributed by atoms with Crippen LogP contribution in [0.4, 0.5) is 11.4 Å². The van der Waals surface area contributed by atoms with Crippen molar-refractivity contribution in [3.8, 4) is 0 Å². The summed E-state index contributed by atoms with van der Waals surface area (Å²) in [5.74, 6) is -1.79. The first kappa shape index (κ1) is 18.3. The molecule has 25 heavy (non-hydrogen) atoms. The second-order valence-electron chi connectivity index (χ2n) is 5.21. The summed E-state index contributed by atoms with van der Waals surface area (Å²) in [6.45, 7) is 1.43. The highest BCUT2D eigenvalue weighted by molar-refractivity contribution is 6.33. The molecule has 2 aromatic carbocycles. The summed E-state index contributed by atoms with van der Waals surface area (Å²) in [5, 5.41) is 2.89. The number of carbonyl (C=O) groups excluding carboxylic acids is 3. The van der Waals surface area contributed by atoms with E-state index in [4.69, 9.17) is 27.8 Å². The number of nitrogens with two attached hydrogens (primary N) is 2. The molecular weight excluding hydrogens is 346 g/mol. The van der Waals surface area contributed by atoms with Gasteiger partial charge in [0.1, 0.15) is 0 Å². The van der Waals surface area contributed by atoms with E-state index >= 15 is 0 Å². The predicted octanol–water partition coefficient (Wildman–Crippen LogP) is 2.21. The van der Waals surface area contributed by atoms with E-state index in [9.17, 15) is 14.4 Å². The lowest BCUT2D eigenvalue weighted by Gasteiger charge is -2.14. The van der Waals surface area contributed by atoms with Gasteiger partial charge in [-0.2, -0.15) is 0 Å². The summed E-state index contributed by atoms with van der Waals surface area (Å²) in [4.78, 5) is 35.1. The van der Waals surface area contributed by atoms with Crippen molar-refractivity contribution in [1.29, 1.82) is 0 Å². The van der Waals surface area contributed by atoms with Gasteiger partial charge in [0.15, 0.2) is 6.10 Å². The van der Waals surface area contributed by atoms with Gasteiger partial charge in [0.05, 0.1) is 16.3 Å². The third kappa shape index (κ3) is 4.71. The molecule has 2 amide bonds. The number of hydrogen-bond donors (Lipinski definition) is 3. The molecule has 0 aliphatic rings. The maximum Gasteiger partial charge on any atom is 0.338 e. The van der Waals surface area contributed by atoms with Crippen LogP contribution in [0.1, 0.15) is 27.6 Å². The lowest BCUT2D eigenvalue weighted by Crippen LogP contribution is -2.30. The summed E-state index contributed by atoms with van der Waals surface area (Å²) in [6.07, 6.45) is -1.04. The largest absolute Gasteiger partial charge is 0.449 e. The average Bonchev–Trinajstić information content (AvgIpc) is 2.57. The van der Waals surface area contributed by atoms with E-state index in [0.29, 0.717) is 16.3 Å². The van der Waals surface area contributed by atoms with E-state index < -0.39 is 23.9 Å². The number of benzene rings is 2. The fourth-order valence-corrected chi connectivity index (χ4v) is 2.03. The monoisotopic (exact) mass is 361 g/mol. The molecule has 0 saturated carbocycles. The number of rotatable bonds is 5. The number of nitrogens with one attached hydrogen (secondary N) is 1. The maximum absolute atomic E-state index is 12.1. The van der Waals surface area contributed by atoms with Crippen molar-refractivity contribution in [3.05, 3.63) is 58.6 Å². The maximum atomic E-state index is 12.1. The minimum atomic E-state index is -1.04. The van der Waals surface area contributed by atoms with Gasteiger partial charge in [0.2, 0.25) is 5.91 Å². The molecule has 0 radical (unpaired) electrons. The molecule has 0 aliphatic heterocycles. The summed E-state index contributed by atoms with van der Waals surface area (Å²) in [7, 11) is 0. The van der Waals surface area contributed by atoms with Gasteiger partial charge in [-0.05, 0) is 49.4 Å². The topological polar surface area (TPSA) is 125 Å². The van der Waals surface area contributed by atoms with Gasteiger partial charge in [0.25, 0.3) is 5.91 Å². The molecule has 0 bridgehead atoms. The SMILES string of the molecule is C[C@@H](OC(=O)c1ccc(Cl)c(N)c1)C(=O)Nc1ccc(C(N)=O)cc1. The first-order valence-electron chi connectivity index (χ1n) is 7.24. The minimum absolute atomic E-state index is 0.187. The highest BCUT2D eigenvalue weighted by Crippen LogP contribution is 2.20. The second kappa shape index (κ2) is 7.67. The Morgan fingerprint density at radius 2 is 1.68 bits per heavy atom. The Kier molecular flexibility index (Phi) is 5.61. The zero-order valence-corrected chi connectivity index (χ0v) is 14.0. The van der Waals surface area contributed by atoms with Crippen molar-refractivity contribution in [1.82, 2.24) is 0 Å². The van der Waals surface area contributed by atoms with Gasteiger partial charge in [-0.15, -0.1) is 0 Å². The van der Waals surface area contributed by atoms with Crippen LogP contribution in [-0.2, 0) is 9.53 Å². The predicted molar refractivity (Wildman–Crippen MR) is 94.3 cm³/mol. The third-order valence-electron chi connectivity index (χ3n) is 3.32. The highest BCUT2D eigenvalue weighted by Gasteiger charge is 2.19. The Morgan fingerprint density at radius 3 is 2.24 bits per heavy atom. The van der Waals surface area contributed by atoms with Crippen LogP contribution >= 0.6 is 11.6 Å². The van der Waals surface area contributed by atoms with Crippen molar-refractivity contribution < 1.29 is 19.1 Å². The molecule has 5 N–H and O–H groups in total. The Labute approximate surface area is 148 Å². The summed E-state index contributed by atoms with van der Waals surface area (Å²) in [6, 6.07) is 10.3. The molecule has 0 aliphatic carbocycles. The van der Waals surface area contributed by atoms with Crippen molar-refractivity contribution in [2.75, 3.05) is 11.1 Å². The fourth-order valence-electron chi connectivity index (χ4n) is 1.91. The summed E-state index contributed by atoms with van der Waals surface area (Å²) >= 11 is 5.79. The number of primary amides is 1. The number of ether oxygens (including phenoxy) is 1. The average molecular weight is 362 g/mol. The van der Waals surface area contributed by atoms with E-state index in [-0.39, 0.29) is 11.3 Å². The molecule has 1 atom stereocenters. The molecule has 0 heterocycles. The number of hydrogen-bond acceptors (Lipinski definition) is 5. The zero-order chi connectivity index (χ0) is 18.6.